The Kier molecular flexibility index (Phi) is 5.77. The van der Waals surface area contributed by atoms with Gasteiger partial charge >= 0.3 is 5.97 Å². The molecule has 10 heteroatoms. The molecule has 2 aromatic carbocycles. The molecule has 0 heterocycles. The Morgan fingerprint density at radius 2 is 1.89 bits per heavy atom. The number of nitriles is 1. The lowest BCUT2D eigenvalue weighted by Gasteiger charge is -2.23. The highest BCUT2D eigenvalue weighted by atomic mass is 32.2. The van der Waals surface area contributed by atoms with Gasteiger partial charge < -0.3 is 5.11 Å². The molecule has 0 amide bonds. The van der Waals surface area contributed by atoms with Crippen LogP contribution in [0.2, 0.25) is 0 Å². The highest BCUT2D eigenvalue weighted by molar-refractivity contribution is 7.92. The largest absolute Gasteiger partial charge is 0.480 e. The molecule has 0 fully saturated rings. The van der Waals surface area contributed by atoms with Gasteiger partial charge in [0, 0.05) is 11.6 Å². The van der Waals surface area contributed by atoms with Crippen molar-refractivity contribution in [3.05, 3.63) is 63.7 Å². The number of anilines is 1. The number of aryl methyl sites for hydroxylation is 1. The van der Waals surface area contributed by atoms with Crippen molar-refractivity contribution >= 4 is 27.4 Å². The number of nitro groups is 1. The van der Waals surface area contributed by atoms with E-state index in [0.29, 0.717) is 9.87 Å². The monoisotopic (exact) mass is 389 g/mol. The average Bonchev–Trinajstić information content (AvgIpc) is 2.60. The summed E-state index contributed by atoms with van der Waals surface area (Å²) in [6.07, 6.45) is 0.121. The highest BCUT2D eigenvalue weighted by Gasteiger charge is 2.29. The lowest BCUT2D eigenvalue weighted by molar-refractivity contribution is -0.385. The van der Waals surface area contributed by atoms with Crippen molar-refractivity contribution in [2.45, 2.75) is 18.2 Å². The topological polar surface area (TPSA) is 142 Å². The van der Waals surface area contributed by atoms with Crippen molar-refractivity contribution in [3.8, 4) is 6.07 Å². The van der Waals surface area contributed by atoms with E-state index in [9.17, 15) is 23.3 Å². The Morgan fingerprint density at radius 1 is 1.26 bits per heavy atom. The first-order valence-electron chi connectivity index (χ1n) is 7.62. The standard InChI is InChI=1S/C17H15N3O6S/c1-12-2-7-15(10-16(12)20(23)24)27(25,26)19(11-17(21)22)14-5-3-13(4-6-14)8-9-18/h2-7,10H,8,11H2,1H3,(H,21,22). The van der Waals surface area contributed by atoms with E-state index in [1.54, 1.807) is 0 Å². The molecule has 0 radical (unpaired) electrons. The summed E-state index contributed by atoms with van der Waals surface area (Å²) in [7, 11) is -4.36. The van der Waals surface area contributed by atoms with Crippen molar-refractivity contribution in [2.24, 2.45) is 0 Å². The quantitative estimate of drug-likeness (QED) is 0.565. The molecular formula is C17H15N3O6S. The van der Waals surface area contributed by atoms with Crippen LogP contribution in [0.25, 0.3) is 0 Å². The minimum absolute atomic E-state index is 0.0716. The number of carboxylic acids is 1. The molecule has 0 spiro atoms. The molecule has 2 rings (SSSR count). The van der Waals surface area contributed by atoms with Crippen LogP contribution >= 0.6 is 0 Å². The van der Waals surface area contributed by atoms with Gasteiger partial charge in [0.15, 0.2) is 0 Å². The van der Waals surface area contributed by atoms with E-state index in [1.807, 2.05) is 6.07 Å². The summed E-state index contributed by atoms with van der Waals surface area (Å²) < 4.78 is 26.6. The van der Waals surface area contributed by atoms with E-state index >= 15 is 0 Å². The molecule has 2 aromatic rings. The molecule has 0 aromatic heterocycles. The van der Waals surface area contributed by atoms with Crippen molar-refractivity contribution in [2.75, 3.05) is 10.8 Å². The molecular weight excluding hydrogens is 374 g/mol. The van der Waals surface area contributed by atoms with Gasteiger partial charge in [-0.05, 0) is 30.7 Å². The third-order valence-corrected chi connectivity index (χ3v) is 5.52. The van der Waals surface area contributed by atoms with Crippen LogP contribution in [0.1, 0.15) is 11.1 Å². The summed E-state index contributed by atoms with van der Waals surface area (Å²) in [6.45, 7) is 0.610. The average molecular weight is 389 g/mol. The van der Waals surface area contributed by atoms with Crippen molar-refractivity contribution < 1.29 is 23.2 Å². The van der Waals surface area contributed by atoms with Crippen LogP contribution in [0.4, 0.5) is 11.4 Å². The number of sulfonamides is 1. The number of carbonyl (C=O) groups is 1. The molecule has 27 heavy (non-hydrogen) atoms. The number of carboxylic acid groups (broad SMARTS) is 1. The van der Waals surface area contributed by atoms with Gasteiger partial charge in [-0.25, -0.2) is 8.42 Å². The van der Waals surface area contributed by atoms with Crippen LogP contribution in [-0.2, 0) is 21.2 Å². The van der Waals surface area contributed by atoms with Crippen LogP contribution in [0, 0.1) is 28.4 Å². The van der Waals surface area contributed by atoms with Crippen LogP contribution < -0.4 is 4.31 Å². The predicted octanol–water partition coefficient (Wildman–Crippen LogP) is 2.25. The number of benzene rings is 2. The van der Waals surface area contributed by atoms with E-state index in [4.69, 9.17) is 10.4 Å². The number of nitro benzene ring substituents is 1. The molecule has 0 aliphatic rings. The Labute approximate surface area is 155 Å². The number of aliphatic carboxylic acids is 1. The summed E-state index contributed by atoms with van der Waals surface area (Å²) >= 11 is 0. The molecule has 140 valence electrons. The second-order valence-corrected chi connectivity index (χ2v) is 7.47. The van der Waals surface area contributed by atoms with E-state index < -0.39 is 27.5 Å². The second-order valence-electron chi connectivity index (χ2n) is 5.61. The summed E-state index contributed by atoms with van der Waals surface area (Å²) in [6, 6.07) is 11.1. The van der Waals surface area contributed by atoms with Crippen molar-refractivity contribution in [1.29, 1.82) is 5.26 Å². The molecule has 0 unspecified atom stereocenters. The Bertz CT molecular complexity index is 1030. The summed E-state index contributed by atoms with van der Waals surface area (Å²) in [5, 5.41) is 28.9. The normalized spacial score (nSPS) is 10.8. The smallest absolute Gasteiger partial charge is 0.324 e. The fraction of sp³-hybridized carbons (Fsp3) is 0.176. The Morgan fingerprint density at radius 3 is 2.41 bits per heavy atom. The summed E-state index contributed by atoms with van der Waals surface area (Å²) in [5.41, 5.74) is 0.613. The maximum atomic E-state index is 13.0. The number of hydrogen-bond acceptors (Lipinski definition) is 6. The van der Waals surface area contributed by atoms with Gasteiger partial charge in [0.05, 0.1) is 28.0 Å². The van der Waals surface area contributed by atoms with Gasteiger partial charge in [-0.1, -0.05) is 18.2 Å². The molecule has 0 aliphatic heterocycles. The van der Waals surface area contributed by atoms with Gasteiger partial charge in [0.25, 0.3) is 15.7 Å². The molecule has 0 bridgehead atoms. The first-order chi connectivity index (χ1) is 12.7. The van der Waals surface area contributed by atoms with Crippen molar-refractivity contribution in [3.63, 3.8) is 0 Å². The minimum atomic E-state index is -4.36. The second kappa shape index (κ2) is 7.84. The third kappa shape index (κ3) is 4.39. The van der Waals surface area contributed by atoms with E-state index in [1.165, 1.54) is 43.3 Å². The molecule has 0 saturated heterocycles. The maximum Gasteiger partial charge on any atom is 0.324 e. The zero-order valence-corrected chi connectivity index (χ0v) is 15.0. The van der Waals surface area contributed by atoms with Gasteiger partial charge in [-0.3, -0.25) is 19.2 Å². The maximum absolute atomic E-state index is 13.0. The number of nitrogens with zero attached hydrogens (tertiary/aromatic N) is 3. The fourth-order valence-corrected chi connectivity index (χ4v) is 3.82. The predicted molar refractivity (Wildman–Crippen MR) is 95.8 cm³/mol. The first-order valence-corrected chi connectivity index (χ1v) is 9.06. The van der Waals surface area contributed by atoms with Gasteiger partial charge in [0.1, 0.15) is 6.54 Å². The van der Waals surface area contributed by atoms with Gasteiger partial charge in [0.2, 0.25) is 0 Å². The number of hydrogen-bond donors (Lipinski definition) is 1. The SMILES string of the molecule is Cc1ccc(S(=O)(=O)N(CC(=O)O)c2ccc(CC#N)cc2)cc1[N+](=O)[O-]. The summed E-state index contributed by atoms with van der Waals surface area (Å²) in [5.74, 6) is -1.39. The number of rotatable bonds is 7. The van der Waals surface area contributed by atoms with Gasteiger partial charge in [-0.2, -0.15) is 5.26 Å². The molecule has 0 aliphatic carbocycles. The van der Waals surface area contributed by atoms with Crippen LogP contribution in [-0.4, -0.2) is 31.0 Å². The van der Waals surface area contributed by atoms with Crippen LogP contribution in [0.15, 0.2) is 47.4 Å². The molecule has 9 nitrogen and oxygen atoms in total. The van der Waals surface area contributed by atoms with Crippen LogP contribution in [0.5, 0.6) is 0 Å². The summed E-state index contributed by atoms with van der Waals surface area (Å²) in [4.78, 5) is 21.2. The Hall–Kier alpha value is -3.45. The van der Waals surface area contributed by atoms with E-state index in [-0.39, 0.29) is 28.3 Å². The zero-order valence-electron chi connectivity index (χ0n) is 14.2. The lowest BCUT2D eigenvalue weighted by Crippen LogP contribution is -2.35. The first kappa shape index (κ1) is 19.9. The van der Waals surface area contributed by atoms with E-state index in [2.05, 4.69) is 0 Å². The Balaban J connectivity index is 2.55. The van der Waals surface area contributed by atoms with Gasteiger partial charge in [-0.15, -0.1) is 0 Å². The molecule has 0 atom stereocenters. The zero-order chi connectivity index (χ0) is 20.2. The third-order valence-electron chi connectivity index (χ3n) is 3.75. The van der Waals surface area contributed by atoms with E-state index in [0.717, 1.165) is 6.07 Å². The highest BCUT2D eigenvalue weighted by Crippen LogP contribution is 2.28. The fourth-order valence-electron chi connectivity index (χ4n) is 2.38. The van der Waals surface area contributed by atoms with Crippen LogP contribution in [0.3, 0.4) is 0 Å². The minimum Gasteiger partial charge on any atom is -0.480 e. The van der Waals surface area contributed by atoms with Crippen molar-refractivity contribution in [1.82, 2.24) is 0 Å². The molecule has 0 saturated carbocycles. The lowest BCUT2D eigenvalue weighted by atomic mass is 10.1. The molecule has 1 N–H and O–H groups in total.